The molecule has 3 atom stereocenters. The zero-order valence-electron chi connectivity index (χ0n) is 10.8. The van der Waals surface area contributed by atoms with Crippen LogP contribution in [0.5, 0.6) is 0 Å². The molecule has 0 amide bonds. The van der Waals surface area contributed by atoms with E-state index in [1.54, 1.807) is 0 Å². The summed E-state index contributed by atoms with van der Waals surface area (Å²) in [7, 11) is 0. The third-order valence-corrected chi connectivity index (χ3v) is 4.52. The molecule has 2 fully saturated rings. The summed E-state index contributed by atoms with van der Waals surface area (Å²) in [6.45, 7) is 5.33. The van der Waals surface area contributed by atoms with Gasteiger partial charge in [-0.1, -0.05) is 0 Å². The molecule has 2 aliphatic rings. The summed E-state index contributed by atoms with van der Waals surface area (Å²) in [5.41, 5.74) is 0.235. The highest BCUT2D eigenvalue weighted by molar-refractivity contribution is 5.20. The molecule has 2 nitrogen and oxygen atoms in total. The number of rotatable bonds is 2. The summed E-state index contributed by atoms with van der Waals surface area (Å²) < 4.78 is 39.7. The Balaban J connectivity index is 1.77. The van der Waals surface area contributed by atoms with Crippen LogP contribution >= 0.6 is 0 Å². The average molecular weight is 270 g/mol. The van der Waals surface area contributed by atoms with E-state index in [0.717, 1.165) is 25.7 Å². The maximum atomic E-state index is 13.7. The standard InChI is InChI=1S/C14H17F3N2/c1-8-11-5-18-4-10(11)7-19(8)6-9-2-13(16)14(17)3-12(9)15/h2-3,8,10-11,18H,4-7H2,1H3. The quantitative estimate of drug-likeness (QED) is 0.828. The molecule has 0 aliphatic carbocycles. The Hall–Kier alpha value is -1.07. The van der Waals surface area contributed by atoms with Crippen LogP contribution in [0, 0.1) is 29.3 Å². The summed E-state index contributed by atoms with van der Waals surface area (Å²) in [5.74, 6) is -1.61. The zero-order valence-corrected chi connectivity index (χ0v) is 10.8. The molecule has 1 aromatic rings. The van der Waals surface area contributed by atoms with Crippen LogP contribution in [0.1, 0.15) is 12.5 Å². The van der Waals surface area contributed by atoms with Crippen molar-refractivity contribution >= 4 is 0 Å². The second-order valence-electron chi connectivity index (χ2n) is 5.61. The van der Waals surface area contributed by atoms with Crippen LogP contribution in [0.3, 0.4) is 0 Å². The van der Waals surface area contributed by atoms with Crippen LogP contribution < -0.4 is 5.32 Å². The number of hydrogen-bond acceptors (Lipinski definition) is 2. The van der Waals surface area contributed by atoms with Crippen LogP contribution in [0.25, 0.3) is 0 Å². The number of fused-ring (bicyclic) bond motifs is 1. The van der Waals surface area contributed by atoms with Gasteiger partial charge >= 0.3 is 0 Å². The molecule has 2 heterocycles. The van der Waals surface area contributed by atoms with Gasteiger partial charge in [-0.15, -0.1) is 0 Å². The Morgan fingerprint density at radius 1 is 1.16 bits per heavy atom. The van der Waals surface area contributed by atoms with Gasteiger partial charge in [-0.3, -0.25) is 4.90 Å². The summed E-state index contributed by atoms with van der Waals surface area (Å²) in [5, 5.41) is 3.36. The summed E-state index contributed by atoms with van der Waals surface area (Å²) in [6.07, 6.45) is 0. The Morgan fingerprint density at radius 2 is 1.89 bits per heavy atom. The Morgan fingerprint density at radius 3 is 2.63 bits per heavy atom. The lowest BCUT2D eigenvalue weighted by atomic mass is 9.95. The normalized spacial score (nSPS) is 30.8. The van der Waals surface area contributed by atoms with Crippen molar-refractivity contribution in [3.63, 3.8) is 0 Å². The van der Waals surface area contributed by atoms with Crippen LogP contribution in [-0.2, 0) is 6.54 Å². The fraction of sp³-hybridized carbons (Fsp3) is 0.571. The number of benzene rings is 1. The SMILES string of the molecule is CC1C2CNCC2CN1Cc1cc(F)c(F)cc1F. The molecule has 3 rings (SSSR count). The van der Waals surface area contributed by atoms with E-state index in [9.17, 15) is 13.2 Å². The predicted octanol–water partition coefficient (Wildman–Crippen LogP) is 2.14. The van der Waals surface area contributed by atoms with Gasteiger partial charge in [0.1, 0.15) is 5.82 Å². The van der Waals surface area contributed by atoms with Crippen molar-refractivity contribution in [3.05, 3.63) is 35.1 Å². The smallest absolute Gasteiger partial charge is 0.161 e. The second-order valence-corrected chi connectivity index (χ2v) is 5.61. The average Bonchev–Trinajstić information content (AvgIpc) is 2.91. The summed E-state index contributed by atoms with van der Waals surface area (Å²) in [6, 6.07) is 1.95. The highest BCUT2D eigenvalue weighted by atomic mass is 19.2. The number of likely N-dealkylation sites (tertiary alicyclic amines) is 1. The third kappa shape index (κ3) is 2.25. The highest BCUT2D eigenvalue weighted by Gasteiger charge is 2.41. The summed E-state index contributed by atoms with van der Waals surface area (Å²) >= 11 is 0. The van der Waals surface area contributed by atoms with E-state index < -0.39 is 17.5 Å². The first-order chi connectivity index (χ1) is 9.06. The molecule has 19 heavy (non-hydrogen) atoms. The molecule has 5 heteroatoms. The molecule has 1 aromatic carbocycles. The fourth-order valence-corrected chi connectivity index (χ4v) is 3.37. The Bertz CT molecular complexity index is 492. The number of hydrogen-bond donors (Lipinski definition) is 1. The van der Waals surface area contributed by atoms with Gasteiger partial charge in [0.2, 0.25) is 0 Å². The topological polar surface area (TPSA) is 15.3 Å². The van der Waals surface area contributed by atoms with E-state index in [1.165, 1.54) is 0 Å². The van der Waals surface area contributed by atoms with Crippen LogP contribution in [0.4, 0.5) is 13.2 Å². The van der Waals surface area contributed by atoms with E-state index in [0.29, 0.717) is 30.5 Å². The van der Waals surface area contributed by atoms with Gasteiger partial charge in [-0.05, 0) is 37.9 Å². The van der Waals surface area contributed by atoms with Crippen molar-refractivity contribution < 1.29 is 13.2 Å². The number of halogens is 3. The minimum absolute atomic E-state index is 0.235. The molecule has 0 spiro atoms. The lowest BCUT2D eigenvalue weighted by Gasteiger charge is -2.24. The van der Waals surface area contributed by atoms with E-state index in [-0.39, 0.29) is 5.56 Å². The molecule has 0 saturated carbocycles. The first kappa shape index (κ1) is 12.9. The minimum Gasteiger partial charge on any atom is -0.316 e. The first-order valence-corrected chi connectivity index (χ1v) is 6.64. The molecule has 0 bridgehead atoms. The van der Waals surface area contributed by atoms with Crippen molar-refractivity contribution in [2.45, 2.75) is 19.5 Å². The molecule has 0 aromatic heterocycles. The van der Waals surface area contributed by atoms with E-state index in [4.69, 9.17) is 0 Å². The van der Waals surface area contributed by atoms with Crippen LogP contribution in [0.2, 0.25) is 0 Å². The minimum atomic E-state index is -1.13. The molecular weight excluding hydrogens is 253 g/mol. The van der Waals surface area contributed by atoms with Gasteiger partial charge in [-0.25, -0.2) is 13.2 Å². The molecular formula is C14H17F3N2. The Labute approximate surface area is 110 Å². The van der Waals surface area contributed by atoms with Crippen molar-refractivity contribution in [1.82, 2.24) is 10.2 Å². The number of nitrogens with one attached hydrogen (secondary N) is 1. The van der Waals surface area contributed by atoms with Crippen molar-refractivity contribution in [2.24, 2.45) is 11.8 Å². The predicted molar refractivity (Wildman–Crippen MR) is 66.0 cm³/mol. The van der Waals surface area contributed by atoms with Crippen LogP contribution in [0.15, 0.2) is 12.1 Å². The maximum absolute atomic E-state index is 13.7. The van der Waals surface area contributed by atoms with Gasteiger partial charge in [-0.2, -0.15) is 0 Å². The fourth-order valence-electron chi connectivity index (χ4n) is 3.37. The van der Waals surface area contributed by atoms with Crippen molar-refractivity contribution in [1.29, 1.82) is 0 Å². The van der Waals surface area contributed by atoms with E-state index >= 15 is 0 Å². The van der Waals surface area contributed by atoms with Gasteiger partial charge in [0.15, 0.2) is 11.6 Å². The number of nitrogens with zero attached hydrogens (tertiary/aromatic N) is 1. The monoisotopic (exact) mass is 270 g/mol. The van der Waals surface area contributed by atoms with Gasteiger partial charge in [0.05, 0.1) is 0 Å². The molecule has 0 radical (unpaired) electrons. The molecule has 2 saturated heterocycles. The largest absolute Gasteiger partial charge is 0.316 e. The lowest BCUT2D eigenvalue weighted by Crippen LogP contribution is -2.33. The Kier molecular flexibility index (Phi) is 3.27. The second kappa shape index (κ2) is 4.80. The van der Waals surface area contributed by atoms with E-state index in [2.05, 4.69) is 17.1 Å². The summed E-state index contributed by atoms with van der Waals surface area (Å²) in [4.78, 5) is 2.16. The lowest BCUT2D eigenvalue weighted by molar-refractivity contribution is 0.228. The van der Waals surface area contributed by atoms with Gasteiger partial charge in [0, 0.05) is 30.8 Å². The molecule has 104 valence electrons. The van der Waals surface area contributed by atoms with Gasteiger partial charge in [0.25, 0.3) is 0 Å². The highest BCUT2D eigenvalue weighted by Crippen LogP contribution is 2.33. The van der Waals surface area contributed by atoms with Gasteiger partial charge < -0.3 is 5.32 Å². The molecule has 3 unspecified atom stereocenters. The zero-order chi connectivity index (χ0) is 13.6. The third-order valence-electron chi connectivity index (χ3n) is 4.52. The van der Waals surface area contributed by atoms with Crippen molar-refractivity contribution in [3.8, 4) is 0 Å². The molecule has 1 N–H and O–H groups in total. The first-order valence-electron chi connectivity index (χ1n) is 6.64. The van der Waals surface area contributed by atoms with Crippen molar-refractivity contribution in [2.75, 3.05) is 19.6 Å². The van der Waals surface area contributed by atoms with Crippen LogP contribution in [-0.4, -0.2) is 30.6 Å². The van der Waals surface area contributed by atoms with E-state index in [1.807, 2.05) is 0 Å². The molecule has 2 aliphatic heterocycles. The maximum Gasteiger partial charge on any atom is 0.161 e.